The van der Waals surface area contributed by atoms with Gasteiger partial charge in [0, 0.05) is 29.0 Å². The van der Waals surface area contributed by atoms with Crippen molar-refractivity contribution in [2.45, 2.75) is 72.8 Å². The van der Waals surface area contributed by atoms with Gasteiger partial charge in [0.2, 0.25) is 0 Å². The van der Waals surface area contributed by atoms with Gasteiger partial charge in [0.05, 0.1) is 28.7 Å². The number of pyridine rings is 2. The van der Waals surface area contributed by atoms with Crippen molar-refractivity contribution in [3.05, 3.63) is 65.0 Å². The van der Waals surface area contributed by atoms with Gasteiger partial charge in [-0.1, -0.05) is 6.07 Å². The molecule has 2 aromatic heterocycles. The maximum atomic E-state index is 13.7. The minimum atomic E-state index is -4.60. The molecule has 42 heavy (non-hydrogen) atoms. The quantitative estimate of drug-likeness (QED) is 0.222. The van der Waals surface area contributed by atoms with Crippen LogP contribution < -0.4 is 4.74 Å². The van der Waals surface area contributed by atoms with Gasteiger partial charge in [-0.15, -0.1) is 0 Å². The Morgan fingerprint density at radius 3 is 2.45 bits per heavy atom. The molecule has 0 amide bonds. The van der Waals surface area contributed by atoms with Crippen molar-refractivity contribution in [2.75, 3.05) is 13.2 Å². The largest absolute Gasteiger partial charge is 0.493 e. The van der Waals surface area contributed by atoms with Crippen LogP contribution in [-0.4, -0.2) is 34.8 Å². The number of fused-ring (bicyclic) bond motifs is 1. The van der Waals surface area contributed by atoms with E-state index < -0.39 is 29.0 Å². The van der Waals surface area contributed by atoms with E-state index in [4.69, 9.17) is 19.2 Å². The molecule has 5 rings (SSSR count). The smallest absolute Gasteiger partial charge is 0.433 e. The second kappa shape index (κ2) is 10.5. The molecule has 222 valence electrons. The summed E-state index contributed by atoms with van der Waals surface area (Å²) in [6.45, 7) is 13.3. The number of benzene rings is 2. The molecular formula is C33H35F3N2O4. The van der Waals surface area contributed by atoms with E-state index in [0.717, 1.165) is 17.0 Å². The number of aryl methyl sites for hydroxylation is 1. The third kappa shape index (κ3) is 5.79. The summed E-state index contributed by atoms with van der Waals surface area (Å²) in [5.74, 6) is 0.322. The zero-order valence-corrected chi connectivity index (χ0v) is 24.9. The van der Waals surface area contributed by atoms with Crippen LogP contribution in [0.2, 0.25) is 0 Å². The van der Waals surface area contributed by atoms with Crippen LogP contribution in [0.1, 0.15) is 70.0 Å². The summed E-state index contributed by atoms with van der Waals surface area (Å²) >= 11 is 0. The Bertz CT molecular complexity index is 1670. The topological polar surface area (TPSA) is 70.5 Å². The molecule has 6 nitrogen and oxygen atoms in total. The Morgan fingerprint density at radius 1 is 1.05 bits per heavy atom. The van der Waals surface area contributed by atoms with Gasteiger partial charge in [-0.05, 0) is 101 Å². The van der Waals surface area contributed by atoms with Gasteiger partial charge in [-0.25, -0.2) is 4.98 Å². The number of ether oxygens (including phenoxy) is 3. The molecule has 0 saturated carbocycles. The number of hydrogen-bond acceptors (Lipinski definition) is 6. The molecule has 4 aromatic rings. The van der Waals surface area contributed by atoms with Crippen LogP contribution in [0.15, 0.2) is 42.6 Å². The van der Waals surface area contributed by atoms with Crippen molar-refractivity contribution in [3.8, 4) is 16.9 Å². The molecule has 0 saturated heterocycles. The zero-order valence-electron chi connectivity index (χ0n) is 24.9. The molecule has 1 aliphatic heterocycles. The van der Waals surface area contributed by atoms with Gasteiger partial charge >= 0.3 is 12.1 Å². The minimum Gasteiger partial charge on any atom is -0.493 e. The minimum absolute atomic E-state index is 0.0847. The highest BCUT2D eigenvalue weighted by atomic mass is 19.4. The number of carbonyl (C=O) groups excluding carboxylic acids is 1. The SMILES string of the molecule is Cc1cc2nc(C(F)(F)F)ccc2c(-c2ccc3c4c(ccnc24)CCO3)c1[C@@H](COC(=O)C(C)(C)C)OC(C)(C)C. The first-order chi connectivity index (χ1) is 19.5. The fourth-order valence-corrected chi connectivity index (χ4v) is 5.36. The molecule has 1 aliphatic rings. The van der Waals surface area contributed by atoms with E-state index in [-0.39, 0.29) is 18.1 Å². The van der Waals surface area contributed by atoms with Gasteiger partial charge in [0.15, 0.2) is 0 Å². The van der Waals surface area contributed by atoms with Crippen molar-refractivity contribution in [1.82, 2.24) is 9.97 Å². The number of alkyl halides is 3. The normalized spacial score (nSPS) is 14.6. The van der Waals surface area contributed by atoms with Crippen LogP contribution in [0.3, 0.4) is 0 Å². The molecule has 3 heterocycles. The van der Waals surface area contributed by atoms with E-state index in [2.05, 4.69) is 4.98 Å². The van der Waals surface area contributed by atoms with E-state index in [0.29, 0.717) is 51.9 Å². The lowest BCUT2D eigenvalue weighted by Crippen LogP contribution is -2.30. The van der Waals surface area contributed by atoms with Crippen molar-refractivity contribution < 1.29 is 32.2 Å². The highest BCUT2D eigenvalue weighted by molar-refractivity contribution is 6.07. The number of nitrogens with zero attached hydrogens (tertiary/aromatic N) is 2. The Balaban J connectivity index is 1.82. The van der Waals surface area contributed by atoms with E-state index in [1.54, 1.807) is 33.0 Å². The first-order valence-corrected chi connectivity index (χ1v) is 13.9. The number of carbonyl (C=O) groups is 1. The van der Waals surface area contributed by atoms with Crippen LogP contribution in [0.4, 0.5) is 13.2 Å². The molecule has 0 aliphatic carbocycles. The Labute approximate surface area is 243 Å². The average Bonchev–Trinajstić information content (AvgIpc) is 2.89. The highest BCUT2D eigenvalue weighted by Gasteiger charge is 2.34. The molecule has 0 bridgehead atoms. The summed E-state index contributed by atoms with van der Waals surface area (Å²) < 4.78 is 59.3. The molecule has 0 fully saturated rings. The van der Waals surface area contributed by atoms with Crippen molar-refractivity contribution >= 4 is 27.8 Å². The standard InChI is InChI=1S/C33H35F3N2O4/c1-18-16-22-20(9-11-25(38-22)33(34,35)36)28(21-8-10-23-27-19(13-15-40-23)12-14-37-29(21)27)26(18)24(42-32(5,6)7)17-41-30(39)31(2,3)4/h8-12,14,16,24H,13,15,17H2,1-7H3/t24-/m1/s1. The van der Waals surface area contributed by atoms with Crippen LogP contribution in [-0.2, 0) is 26.9 Å². The van der Waals surface area contributed by atoms with E-state index in [1.807, 2.05) is 45.9 Å². The second-order valence-electron chi connectivity index (χ2n) is 12.7. The van der Waals surface area contributed by atoms with E-state index in [9.17, 15) is 18.0 Å². The van der Waals surface area contributed by atoms with Gasteiger partial charge in [-0.2, -0.15) is 13.2 Å². The molecular weight excluding hydrogens is 545 g/mol. The summed E-state index contributed by atoms with van der Waals surface area (Å²) in [6.07, 6.45) is -2.88. The lowest BCUT2D eigenvalue weighted by molar-refractivity contribution is -0.162. The highest BCUT2D eigenvalue weighted by Crippen LogP contribution is 2.45. The van der Waals surface area contributed by atoms with Gasteiger partial charge in [-0.3, -0.25) is 9.78 Å². The second-order valence-corrected chi connectivity index (χ2v) is 12.7. The number of aromatic nitrogens is 2. The predicted molar refractivity (Wildman–Crippen MR) is 155 cm³/mol. The zero-order chi connectivity index (χ0) is 30.6. The molecule has 0 unspecified atom stereocenters. The molecule has 0 radical (unpaired) electrons. The summed E-state index contributed by atoms with van der Waals surface area (Å²) in [7, 11) is 0. The van der Waals surface area contributed by atoms with Gasteiger partial charge < -0.3 is 14.2 Å². The van der Waals surface area contributed by atoms with E-state index >= 15 is 0 Å². The summed E-state index contributed by atoms with van der Waals surface area (Å²) in [5, 5.41) is 1.38. The Hall–Kier alpha value is -3.72. The maximum Gasteiger partial charge on any atom is 0.433 e. The van der Waals surface area contributed by atoms with E-state index in [1.165, 1.54) is 6.07 Å². The average molecular weight is 581 g/mol. The number of hydrogen-bond donors (Lipinski definition) is 0. The molecule has 0 spiro atoms. The van der Waals surface area contributed by atoms with Crippen LogP contribution in [0.25, 0.3) is 32.9 Å². The first-order valence-electron chi connectivity index (χ1n) is 13.9. The fraction of sp³-hybridized carbons (Fsp3) is 0.424. The van der Waals surface area contributed by atoms with Gasteiger partial charge in [0.1, 0.15) is 24.2 Å². The Kier molecular flexibility index (Phi) is 7.46. The molecule has 2 aromatic carbocycles. The number of halogens is 3. The lowest BCUT2D eigenvalue weighted by atomic mass is 9.86. The molecule has 9 heteroatoms. The lowest BCUT2D eigenvalue weighted by Gasteiger charge is -2.31. The molecule has 0 N–H and O–H groups in total. The fourth-order valence-electron chi connectivity index (χ4n) is 5.36. The third-order valence-electron chi connectivity index (χ3n) is 7.17. The third-order valence-corrected chi connectivity index (χ3v) is 7.17. The number of esters is 1. The van der Waals surface area contributed by atoms with Crippen LogP contribution >= 0.6 is 0 Å². The van der Waals surface area contributed by atoms with Gasteiger partial charge in [0.25, 0.3) is 0 Å². The van der Waals surface area contributed by atoms with Crippen molar-refractivity contribution in [2.24, 2.45) is 5.41 Å². The van der Waals surface area contributed by atoms with Crippen LogP contribution in [0.5, 0.6) is 5.75 Å². The van der Waals surface area contributed by atoms with Crippen molar-refractivity contribution in [3.63, 3.8) is 0 Å². The summed E-state index contributed by atoms with van der Waals surface area (Å²) in [4.78, 5) is 21.6. The summed E-state index contributed by atoms with van der Waals surface area (Å²) in [6, 6.07) is 9.79. The first kappa shape index (κ1) is 29.8. The van der Waals surface area contributed by atoms with Crippen molar-refractivity contribution in [1.29, 1.82) is 0 Å². The van der Waals surface area contributed by atoms with Crippen LogP contribution in [0, 0.1) is 12.3 Å². The monoisotopic (exact) mass is 580 g/mol. The predicted octanol–water partition coefficient (Wildman–Crippen LogP) is 8.16. The Morgan fingerprint density at radius 2 is 1.79 bits per heavy atom. The molecule has 1 atom stereocenters. The summed E-state index contributed by atoms with van der Waals surface area (Å²) in [5.41, 5.74) is 2.29. The number of rotatable bonds is 5. The maximum absolute atomic E-state index is 13.7.